The van der Waals surface area contributed by atoms with Crippen LogP contribution in [-0.4, -0.2) is 29.0 Å². The van der Waals surface area contributed by atoms with Crippen LogP contribution >= 0.6 is 11.3 Å². The lowest BCUT2D eigenvalue weighted by molar-refractivity contribution is -0.119. The zero-order chi connectivity index (χ0) is 15.2. The molecule has 0 saturated carbocycles. The molecule has 0 aliphatic rings. The fourth-order valence-electron chi connectivity index (χ4n) is 1.95. The molecule has 0 aliphatic carbocycles. The van der Waals surface area contributed by atoms with E-state index in [9.17, 15) is 4.79 Å². The van der Waals surface area contributed by atoms with Gasteiger partial charge in [-0.05, 0) is 24.8 Å². The maximum atomic E-state index is 11.8. The second-order valence-corrected chi connectivity index (χ2v) is 6.51. The van der Waals surface area contributed by atoms with Crippen molar-refractivity contribution in [3.63, 3.8) is 0 Å². The average Bonchev–Trinajstić information content (AvgIpc) is 2.88. The van der Waals surface area contributed by atoms with Gasteiger partial charge in [0, 0.05) is 11.4 Å². The maximum Gasteiger partial charge on any atom is 0.239 e. The predicted octanol–water partition coefficient (Wildman–Crippen LogP) is 2.83. The van der Waals surface area contributed by atoms with E-state index in [0.717, 1.165) is 35.4 Å². The minimum absolute atomic E-state index is 0.00615. The Balaban J connectivity index is 1.94. The Hall–Kier alpha value is -1.69. The zero-order valence-corrected chi connectivity index (χ0v) is 13.6. The number of hydrogen-bond acceptors (Lipinski definition) is 5. The van der Waals surface area contributed by atoms with Gasteiger partial charge in [-0.2, -0.15) is 0 Å². The molecule has 2 rings (SSSR count). The third kappa shape index (κ3) is 4.39. The van der Waals surface area contributed by atoms with Crippen molar-refractivity contribution in [2.75, 3.05) is 18.4 Å². The summed E-state index contributed by atoms with van der Waals surface area (Å²) in [4.78, 5) is 22.5. The fourth-order valence-corrected chi connectivity index (χ4v) is 2.88. The molecule has 0 radical (unpaired) electrons. The highest BCUT2D eigenvalue weighted by molar-refractivity contribution is 7.18. The minimum Gasteiger partial charge on any atom is -0.360 e. The number of anilines is 1. The molecule has 2 aromatic heterocycles. The summed E-state index contributed by atoms with van der Waals surface area (Å²) < 4.78 is 0. The third-order valence-corrected chi connectivity index (χ3v) is 4.38. The highest BCUT2D eigenvalue weighted by atomic mass is 32.1. The SMILES string of the molecule is CCc1cc2c(NCC(=O)NCCC(C)C)ncnc2s1. The first kappa shape index (κ1) is 15.7. The third-order valence-electron chi connectivity index (χ3n) is 3.19. The Kier molecular flexibility index (Phi) is 5.50. The molecule has 0 bridgehead atoms. The van der Waals surface area contributed by atoms with Gasteiger partial charge in [0.1, 0.15) is 17.0 Å². The van der Waals surface area contributed by atoms with Crippen molar-refractivity contribution in [2.45, 2.75) is 33.6 Å². The van der Waals surface area contributed by atoms with E-state index in [1.807, 2.05) is 0 Å². The number of thiophene rings is 1. The van der Waals surface area contributed by atoms with E-state index in [1.54, 1.807) is 11.3 Å². The van der Waals surface area contributed by atoms with Crippen LogP contribution in [0.2, 0.25) is 0 Å². The Morgan fingerprint density at radius 2 is 2.19 bits per heavy atom. The molecule has 0 spiro atoms. The van der Waals surface area contributed by atoms with Gasteiger partial charge in [0.15, 0.2) is 0 Å². The van der Waals surface area contributed by atoms with Crippen molar-refractivity contribution in [1.82, 2.24) is 15.3 Å². The summed E-state index contributed by atoms with van der Waals surface area (Å²) in [5.41, 5.74) is 0. The van der Waals surface area contributed by atoms with Crippen molar-refractivity contribution in [1.29, 1.82) is 0 Å². The number of nitrogens with one attached hydrogen (secondary N) is 2. The van der Waals surface area contributed by atoms with E-state index in [2.05, 4.69) is 47.4 Å². The lowest BCUT2D eigenvalue weighted by Crippen LogP contribution is -2.31. The minimum atomic E-state index is -0.00615. The Labute approximate surface area is 129 Å². The number of carbonyl (C=O) groups excluding carboxylic acids is 1. The first-order valence-corrected chi connectivity index (χ1v) is 8.15. The van der Waals surface area contributed by atoms with Crippen LogP contribution in [0.1, 0.15) is 32.1 Å². The molecule has 1 amide bonds. The van der Waals surface area contributed by atoms with Crippen molar-refractivity contribution < 1.29 is 4.79 Å². The molecule has 0 unspecified atom stereocenters. The van der Waals surface area contributed by atoms with Crippen LogP contribution in [-0.2, 0) is 11.2 Å². The molecular weight excluding hydrogens is 284 g/mol. The van der Waals surface area contributed by atoms with Crippen LogP contribution in [0.25, 0.3) is 10.2 Å². The monoisotopic (exact) mass is 306 g/mol. The maximum absolute atomic E-state index is 11.8. The van der Waals surface area contributed by atoms with Crippen LogP contribution < -0.4 is 10.6 Å². The fraction of sp³-hybridized carbons (Fsp3) is 0.533. The number of nitrogens with zero attached hydrogens (tertiary/aromatic N) is 2. The molecule has 5 nitrogen and oxygen atoms in total. The predicted molar refractivity (Wildman–Crippen MR) is 87.7 cm³/mol. The zero-order valence-electron chi connectivity index (χ0n) is 12.8. The topological polar surface area (TPSA) is 66.9 Å². The molecule has 0 aliphatic heterocycles. The van der Waals surface area contributed by atoms with Crippen molar-refractivity contribution in [2.24, 2.45) is 5.92 Å². The number of carbonyl (C=O) groups is 1. The Morgan fingerprint density at radius 1 is 1.38 bits per heavy atom. The molecule has 2 aromatic rings. The van der Waals surface area contributed by atoms with Crippen LogP contribution in [0.15, 0.2) is 12.4 Å². The summed E-state index contributed by atoms with van der Waals surface area (Å²) in [6.07, 6.45) is 3.52. The van der Waals surface area contributed by atoms with Gasteiger partial charge in [0.2, 0.25) is 5.91 Å². The van der Waals surface area contributed by atoms with Gasteiger partial charge < -0.3 is 10.6 Å². The number of fused-ring (bicyclic) bond motifs is 1. The molecule has 0 saturated heterocycles. The second kappa shape index (κ2) is 7.36. The summed E-state index contributed by atoms with van der Waals surface area (Å²) in [6, 6.07) is 2.10. The van der Waals surface area contributed by atoms with E-state index >= 15 is 0 Å². The van der Waals surface area contributed by atoms with E-state index in [1.165, 1.54) is 11.2 Å². The summed E-state index contributed by atoms with van der Waals surface area (Å²) in [6.45, 7) is 7.36. The van der Waals surface area contributed by atoms with Crippen molar-refractivity contribution in [3.05, 3.63) is 17.3 Å². The highest BCUT2D eigenvalue weighted by Crippen LogP contribution is 2.28. The molecule has 21 heavy (non-hydrogen) atoms. The summed E-state index contributed by atoms with van der Waals surface area (Å²) in [5.74, 6) is 1.32. The van der Waals surface area contributed by atoms with E-state index in [-0.39, 0.29) is 12.5 Å². The number of aryl methyl sites for hydroxylation is 1. The quantitative estimate of drug-likeness (QED) is 0.825. The first-order chi connectivity index (χ1) is 10.1. The average molecular weight is 306 g/mol. The molecule has 2 N–H and O–H groups in total. The molecule has 0 fully saturated rings. The normalized spacial score (nSPS) is 11.0. The molecule has 2 heterocycles. The molecular formula is C15H22N4OS. The summed E-state index contributed by atoms with van der Waals surface area (Å²) in [5, 5.41) is 7.01. The first-order valence-electron chi connectivity index (χ1n) is 7.34. The van der Waals surface area contributed by atoms with Gasteiger partial charge in [-0.15, -0.1) is 11.3 Å². The van der Waals surface area contributed by atoms with Gasteiger partial charge in [0.25, 0.3) is 0 Å². The second-order valence-electron chi connectivity index (χ2n) is 5.39. The number of aromatic nitrogens is 2. The van der Waals surface area contributed by atoms with Crippen molar-refractivity contribution in [3.8, 4) is 0 Å². The van der Waals surface area contributed by atoms with E-state index in [4.69, 9.17) is 0 Å². The van der Waals surface area contributed by atoms with Gasteiger partial charge in [-0.3, -0.25) is 4.79 Å². The standard InChI is InChI=1S/C15H22N4OS/c1-4-11-7-12-14(18-9-19-15(12)21-11)17-8-13(20)16-6-5-10(2)3/h7,9-10H,4-6,8H2,1-3H3,(H,16,20)(H,17,18,19). The van der Waals surface area contributed by atoms with Gasteiger partial charge >= 0.3 is 0 Å². The summed E-state index contributed by atoms with van der Waals surface area (Å²) in [7, 11) is 0. The van der Waals surface area contributed by atoms with Gasteiger partial charge in [-0.1, -0.05) is 20.8 Å². The lowest BCUT2D eigenvalue weighted by Gasteiger charge is -2.08. The highest BCUT2D eigenvalue weighted by Gasteiger charge is 2.09. The number of hydrogen-bond donors (Lipinski definition) is 2. The largest absolute Gasteiger partial charge is 0.360 e. The Morgan fingerprint density at radius 3 is 2.90 bits per heavy atom. The summed E-state index contributed by atoms with van der Waals surface area (Å²) >= 11 is 1.67. The van der Waals surface area contributed by atoms with Crippen LogP contribution in [0.3, 0.4) is 0 Å². The molecule has 114 valence electrons. The molecule has 0 aromatic carbocycles. The van der Waals surface area contributed by atoms with E-state index < -0.39 is 0 Å². The smallest absolute Gasteiger partial charge is 0.239 e. The molecule has 0 atom stereocenters. The van der Waals surface area contributed by atoms with E-state index in [0.29, 0.717) is 5.92 Å². The number of amides is 1. The van der Waals surface area contributed by atoms with Crippen LogP contribution in [0.4, 0.5) is 5.82 Å². The van der Waals surface area contributed by atoms with Gasteiger partial charge in [0.05, 0.1) is 11.9 Å². The molecule has 6 heteroatoms. The Bertz CT molecular complexity index is 609. The van der Waals surface area contributed by atoms with Crippen molar-refractivity contribution >= 4 is 33.3 Å². The lowest BCUT2D eigenvalue weighted by atomic mass is 10.1. The van der Waals surface area contributed by atoms with Crippen LogP contribution in [0, 0.1) is 5.92 Å². The van der Waals surface area contributed by atoms with Crippen LogP contribution in [0.5, 0.6) is 0 Å². The van der Waals surface area contributed by atoms with Gasteiger partial charge in [-0.25, -0.2) is 9.97 Å². The number of rotatable bonds is 7.